The lowest BCUT2D eigenvalue weighted by Gasteiger charge is -2.14. The van der Waals surface area contributed by atoms with Crippen LogP contribution in [-0.2, 0) is 0 Å². The van der Waals surface area contributed by atoms with Crippen LogP contribution in [0.2, 0.25) is 0 Å². The van der Waals surface area contributed by atoms with Crippen LogP contribution in [-0.4, -0.2) is 44.7 Å². The lowest BCUT2D eigenvalue weighted by Crippen LogP contribution is -2.32. The van der Waals surface area contributed by atoms with E-state index in [0.717, 1.165) is 18.4 Å². The quantitative estimate of drug-likeness (QED) is 0.552. The number of nitrogens with one attached hydrogen (secondary N) is 2. The van der Waals surface area contributed by atoms with Crippen molar-refractivity contribution in [2.45, 2.75) is 12.5 Å². The van der Waals surface area contributed by atoms with Crippen LogP contribution in [0.3, 0.4) is 0 Å². The first-order valence-corrected chi connectivity index (χ1v) is 6.62. The van der Waals surface area contributed by atoms with Crippen LogP contribution in [0.5, 0.6) is 0 Å². The van der Waals surface area contributed by atoms with Crippen molar-refractivity contribution in [2.75, 3.05) is 33.7 Å². The first kappa shape index (κ1) is 14.4. The Morgan fingerprint density at radius 2 is 2.35 bits per heavy atom. The van der Waals surface area contributed by atoms with Crippen LogP contribution in [0, 0.1) is 0 Å². The van der Waals surface area contributed by atoms with Gasteiger partial charge in [0, 0.05) is 26.2 Å². The van der Waals surface area contributed by atoms with Crippen LogP contribution in [0.4, 0.5) is 0 Å². The van der Waals surface area contributed by atoms with Crippen molar-refractivity contribution in [3.8, 4) is 0 Å². The third-order valence-electron chi connectivity index (χ3n) is 3.01. The van der Waals surface area contributed by atoms with E-state index < -0.39 is 0 Å². The van der Waals surface area contributed by atoms with Crippen molar-refractivity contribution in [1.29, 1.82) is 0 Å². The molecule has 1 heterocycles. The van der Waals surface area contributed by atoms with Gasteiger partial charge in [-0.05, 0) is 43.2 Å². The topological polar surface area (TPSA) is 27.3 Å². The normalized spacial score (nSPS) is 22.9. The average Bonchev–Trinajstić information content (AvgIpc) is 2.74. The zero-order chi connectivity index (χ0) is 12.7. The molecule has 2 atom stereocenters. The van der Waals surface area contributed by atoms with E-state index in [1.807, 2.05) is 19.3 Å². The number of hydrogen-bond acceptors (Lipinski definition) is 3. The molecule has 4 heteroatoms. The van der Waals surface area contributed by atoms with Gasteiger partial charge in [0.1, 0.15) is 0 Å². The molecule has 2 unspecified atom stereocenters. The minimum atomic E-state index is 0.612. The highest BCUT2D eigenvalue weighted by molar-refractivity contribution is 7.23. The summed E-state index contributed by atoms with van der Waals surface area (Å²) in [5.41, 5.74) is 1.26. The molecule has 0 saturated carbocycles. The number of nitrogens with zero attached hydrogens (tertiary/aromatic N) is 1. The molecular formula is C13H24N3P. The van der Waals surface area contributed by atoms with Crippen molar-refractivity contribution >= 4 is 9.24 Å². The van der Waals surface area contributed by atoms with Gasteiger partial charge in [-0.3, -0.25) is 0 Å². The highest BCUT2D eigenvalue weighted by Crippen LogP contribution is 2.15. The van der Waals surface area contributed by atoms with Crippen molar-refractivity contribution in [3.05, 3.63) is 35.8 Å². The number of allylic oxidation sites excluding steroid dienone is 2. The highest BCUT2D eigenvalue weighted by atomic mass is 31.0. The van der Waals surface area contributed by atoms with E-state index in [0.29, 0.717) is 6.04 Å². The summed E-state index contributed by atoms with van der Waals surface area (Å²) in [5, 5.41) is 7.76. The lowest BCUT2D eigenvalue weighted by molar-refractivity contribution is 0.401. The average molecular weight is 253 g/mol. The molecule has 0 radical (unpaired) electrons. The van der Waals surface area contributed by atoms with Crippen molar-refractivity contribution in [2.24, 2.45) is 0 Å². The maximum Gasteiger partial charge on any atom is 0.0215 e. The second-order valence-corrected chi connectivity index (χ2v) is 5.06. The minimum absolute atomic E-state index is 0.612. The van der Waals surface area contributed by atoms with Gasteiger partial charge in [-0.2, -0.15) is 0 Å². The maximum atomic E-state index is 3.81. The molecule has 1 rings (SSSR count). The second-order valence-electron chi connectivity index (χ2n) is 4.44. The van der Waals surface area contributed by atoms with E-state index in [1.165, 1.54) is 18.5 Å². The fourth-order valence-electron chi connectivity index (χ4n) is 1.93. The summed E-state index contributed by atoms with van der Waals surface area (Å²) in [6, 6.07) is 0.612. The van der Waals surface area contributed by atoms with E-state index in [2.05, 4.69) is 44.5 Å². The van der Waals surface area contributed by atoms with Gasteiger partial charge in [0.25, 0.3) is 0 Å². The van der Waals surface area contributed by atoms with Gasteiger partial charge in [-0.1, -0.05) is 12.7 Å². The molecule has 2 N–H and O–H groups in total. The number of likely N-dealkylation sites (N-methyl/N-ethyl adjacent to an activating group) is 1. The summed E-state index contributed by atoms with van der Waals surface area (Å²) in [6.07, 6.45) is 7.16. The second kappa shape index (κ2) is 7.65. The molecule has 0 aromatic heterocycles. The molecule has 1 aliphatic heterocycles. The van der Waals surface area contributed by atoms with E-state index in [-0.39, 0.29) is 0 Å². The minimum Gasteiger partial charge on any atom is -0.394 e. The molecular weight excluding hydrogens is 229 g/mol. The zero-order valence-corrected chi connectivity index (χ0v) is 12.0. The Labute approximate surface area is 107 Å². The van der Waals surface area contributed by atoms with Gasteiger partial charge in [0.15, 0.2) is 0 Å². The molecule has 1 aliphatic rings. The van der Waals surface area contributed by atoms with Crippen molar-refractivity contribution in [1.82, 2.24) is 15.5 Å². The van der Waals surface area contributed by atoms with Gasteiger partial charge in [-0.25, -0.2) is 0 Å². The van der Waals surface area contributed by atoms with E-state index in [9.17, 15) is 0 Å². The standard InChI is InChI=1S/C13H24N3P/c1-4-13(17)11(5-7-14-2)9-15-12-6-8-16(3)10-12/h4-5,7,12,14-15H,1,6,8-10,17H2,2-3H3/b7-5-,13-11-. The Balaban J connectivity index is 2.50. The molecule has 3 nitrogen and oxygen atoms in total. The molecule has 17 heavy (non-hydrogen) atoms. The Hall–Kier alpha value is -0.630. The summed E-state index contributed by atoms with van der Waals surface area (Å²) in [7, 11) is 6.81. The third kappa shape index (κ3) is 5.03. The van der Waals surface area contributed by atoms with E-state index in [1.54, 1.807) is 0 Å². The smallest absolute Gasteiger partial charge is 0.0215 e. The SMILES string of the molecule is C=C/C(P)=C(\C=C/NC)CNC1CCN(C)C1. The summed E-state index contributed by atoms with van der Waals surface area (Å²) in [4.78, 5) is 2.36. The van der Waals surface area contributed by atoms with Crippen molar-refractivity contribution < 1.29 is 0 Å². The number of likely N-dealkylation sites (tertiary alicyclic amines) is 1. The van der Waals surface area contributed by atoms with E-state index >= 15 is 0 Å². The molecule has 1 saturated heterocycles. The van der Waals surface area contributed by atoms with E-state index in [4.69, 9.17) is 0 Å². The first-order chi connectivity index (χ1) is 8.17. The molecule has 1 fully saturated rings. The third-order valence-corrected chi connectivity index (χ3v) is 3.62. The van der Waals surface area contributed by atoms with Crippen LogP contribution in [0.1, 0.15) is 6.42 Å². The predicted molar refractivity (Wildman–Crippen MR) is 79.0 cm³/mol. The number of hydrogen-bond donors (Lipinski definition) is 2. The molecule has 0 spiro atoms. The molecule has 0 aromatic rings. The Bertz CT molecular complexity index is 310. The van der Waals surface area contributed by atoms with Crippen LogP contribution < -0.4 is 10.6 Å². The van der Waals surface area contributed by atoms with Crippen LogP contribution in [0.25, 0.3) is 0 Å². The summed E-state index contributed by atoms with van der Waals surface area (Å²) < 4.78 is 0. The Kier molecular flexibility index (Phi) is 6.49. The van der Waals surface area contributed by atoms with Gasteiger partial charge in [0.05, 0.1) is 0 Å². The molecule has 0 bridgehead atoms. The number of rotatable bonds is 6. The molecule has 0 aromatic carbocycles. The molecule has 0 amide bonds. The first-order valence-electron chi connectivity index (χ1n) is 6.04. The van der Waals surface area contributed by atoms with Crippen molar-refractivity contribution in [3.63, 3.8) is 0 Å². The Morgan fingerprint density at radius 1 is 1.59 bits per heavy atom. The zero-order valence-electron chi connectivity index (χ0n) is 10.9. The van der Waals surface area contributed by atoms with Crippen LogP contribution in [0.15, 0.2) is 35.8 Å². The largest absolute Gasteiger partial charge is 0.394 e. The van der Waals surface area contributed by atoms with Crippen LogP contribution >= 0.6 is 9.24 Å². The van der Waals surface area contributed by atoms with Gasteiger partial charge >= 0.3 is 0 Å². The van der Waals surface area contributed by atoms with Gasteiger partial charge < -0.3 is 15.5 Å². The lowest BCUT2D eigenvalue weighted by atomic mass is 10.2. The summed E-state index contributed by atoms with van der Waals surface area (Å²) in [6.45, 7) is 7.04. The fourth-order valence-corrected chi connectivity index (χ4v) is 2.13. The van der Waals surface area contributed by atoms with Gasteiger partial charge in [0.2, 0.25) is 0 Å². The molecule has 0 aliphatic carbocycles. The summed E-state index contributed by atoms with van der Waals surface area (Å²) >= 11 is 0. The van der Waals surface area contributed by atoms with Gasteiger partial charge in [-0.15, -0.1) is 9.24 Å². The predicted octanol–water partition coefficient (Wildman–Crippen LogP) is 1.33. The Morgan fingerprint density at radius 3 is 2.88 bits per heavy atom. The fraction of sp³-hybridized carbons (Fsp3) is 0.538. The summed E-state index contributed by atoms with van der Waals surface area (Å²) in [5.74, 6) is 0. The monoisotopic (exact) mass is 253 g/mol. The molecule has 96 valence electrons. The highest BCUT2D eigenvalue weighted by Gasteiger charge is 2.18. The maximum absolute atomic E-state index is 3.81.